The molecule has 1 aliphatic heterocycles. The Labute approximate surface area is 164 Å². The minimum Gasteiger partial charge on any atom is -0.372 e. The molecular weight excluding hydrogens is 367 g/mol. The van der Waals surface area contributed by atoms with Gasteiger partial charge in [0.2, 0.25) is 0 Å². The van der Waals surface area contributed by atoms with Gasteiger partial charge < -0.3 is 15.0 Å². The van der Waals surface area contributed by atoms with E-state index in [1.54, 1.807) is 12.1 Å². The number of ether oxygens (including phenoxy) is 1. The second kappa shape index (κ2) is 8.83. The summed E-state index contributed by atoms with van der Waals surface area (Å²) in [4.78, 5) is 14.5. The molecule has 1 heterocycles. The minimum absolute atomic E-state index is 0.0353. The van der Waals surface area contributed by atoms with Gasteiger partial charge in [-0.3, -0.25) is 4.79 Å². The van der Waals surface area contributed by atoms with Gasteiger partial charge in [-0.2, -0.15) is 0 Å². The van der Waals surface area contributed by atoms with Gasteiger partial charge in [0.05, 0.1) is 17.2 Å². The SMILES string of the molecule is CC1CN(C(=O)c2ccc(CNCc3ccc(Cl)c(F)c3)cc2)CC(C)O1. The molecule has 6 heteroatoms. The van der Waals surface area contributed by atoms with Crippen LogP contribution < -0.4 is 5.32 Å². The van der Waals surface area contributed by atoms with E-state index >= 15 is 0 Å². The van der Waals surface area contributed by atoms with Crippen molar-refractivity contribution in [3.8, 4) is 0 Å². The van der Waals surface area contributed by atoms with Crippen LogP contribution in [-0.4, -0.2) is 36.1 Å². The van der Waals surface area contributed by atoms with Gasteiger partial charge in [-0.1, -0.05) is 29.8 Å². The molecule has 3 rings (SSSR count). The largest absolute Gasteiger partial charge is 0.372 e. The first-order chi connectivity index (χ1) is 12.9. The third-order valence-corrected chi connectivity index (χ3v) is 4.86. The highest BCUT2D eigenvalue weighted by molar-refractivity contribution is 6.30. The monoisotopic (exact) mass is 390 g/mol. The zero-order chi connectivity index (χ0) is 19.4. The third-order valence-electron chi connectivity index (χ3n) is 4.55. The Hall–Kier alpha value is -1.95. The van der Waals surface area contributed by atoms with Crippen molar-refractivity contribution in [1.82, 2.24) is 10.2 Å². The second-order valence-corrected chi connectivity index (χ2v) is 7.42. The highest BCUT2D eigenvalue weighted by Gasteiger charge is 2.26. The average molecular weight is 391 g/mol. The van der Waals surface area contributed by atoms with Crippen molar-refractivity contribution in [3.05, 3.63) is 70.0 Å². The van der Waals surface area contributed by atoms with Crippen LogP contribution in [0.1, 0.15) is 35.3 Å². The number of hydrogen-bond acceptors (Lipinski definition) is 3. The number of nitrogens with one attached hydrogen (secondary N) is 1. The van der Waals surface area contributed by atoms with Crippen molar-refractivity contribution in [2.24, 2.45) is 0 Å². The lowest BCUT2D eigenvalue weighted by atomic mass is 10.1. The van der Waals surface area contributed by atoms with Gasteiger partial charge in [-0.25, -0.2) is 4.39 Å². The summed E-state index contributed by atoms with van der Waals surface area (Å²) < 4.78 is 19.1. The van der Waals surface area contributed by atoms with Gasteiger partial charge in [0.15, 0.2) is 0 Å². The summed E-state index contributed by atoms with van der Waals surface area (Å²) in [6, 6.07) is 12.4. The van der Waals surface area contributed by atoms with E-state index in [1.165, 1.54) is 6.07 Å². The summed E-state index contributed by atoms with van der Waals surface area (Å²) in [5.41, 5.74) is 2.57. The maximum absolute atomic E-state index is 13.4. The Morgan fingerprint density at radius 2 is 1.70 bits per heavy atom. The molecule has 2 aromatic rings. The second-order valence-electron chi connectivity index (χ2n) is 7.02. The van der Waals surface area contributed by atoms with E-state index < -0.39 is 5.82 Å². The Morgan fingerprint density at radius 1 is 1.11 bits per heavy atom. The first-order valence-electron chi connectivity index (χ1n) is 9.10. The molecule has 0 spiro atoms. The highest BCUT2D eigenvalue weighted by atomic mass is 35.5. The van der Waals surface area contributed by atoms with Crippen LogP contribution in [0.4, 0.5) is 4.39 Å². The molecule has 2 atom stereocenters. The summed E-state index contributed by atoms with van der Waals surface area (Å²) in [5.74, 6) is -0.376. The topological polar surface area (TPSA) is 41.6 Å². The molecule has 2 aromatic carbocycles. The van der Waals surface area contributed by atoms with Crippen LogP contribution in [0.25, 0.3) is 0 Å². The van der Waals surface area contributed by atoms with Crippen molar-refractivity contribution in [1.29, 1.82) is 0 Å². The summed E-state index contributed by atoms with van der Waals surface area (Å²) in [6.45, 7) is 6.37. The van der Waals surface area contributed by atoms with Crippen molar-refractivity contribution >= 4 is 17.5 Å². The molecule has 1 fully saturated rings. The van der Waals surface area contributed by atoms with Gasteiger partial charge >= 0.3 is 0 Å². The number of benzene rings is 2. The van der Waals surface area contributed by atoms with Crippen LogP contribution >= 0.6 is 11.6 Å². The quantitative estimate of drug-likeness (QED) is 0.838. The summed E-state index contributed by atoms with van der Waals surface area (Å²) in [5, 5.41) is 3.39. The molecule has 2 unspecified atom stereocenters. The summed E-state index contributed by atoms with van der Waals surface area (Å²) in [6.07, 6.45) is 0.109. The number of amides is 1. The van der Waals surface area contributed by atoms with Gasteiger partial charge in [0.1, 0.15) is 5.82 Å². The molecule has 0 aliphatic carbocycles. The molecule has 0 saturated carbocycles. The van der Waals surface area contributed by atoms with Crippen LogP contribution in [0, 0.1) is 5.82 Å². The van der Waals surface area contributed by atoms with E-state index in [-0.39, 0.29) is 23.1 Å². The number of hydrogen-bond donors (Lipinski definition) is 1. The number of morpholine rings is 1. The van der Waals surface area contributed by atoms with Crippen molar-refractivity contribution in [2.75, 3.05) is 13.1 Å². The van der Waals surface area contributed by atoms with E-state index in [0.717, 1.165) is 11.1 Å². The normalized spacial score (nSPS) is 19.9. The van der Waals surface area contributed by atoms with Crippen molar-refractivity contribution in [2.45, 2.75) is 39.1 Å². The number of halogens is 2. The predicted molar refractivity (Wildman–Crippen MR) is 104 cm³/mol. The summed E-state index contributed by atoms with van der Waals surface area (Å²) in [7, 11) is 0. The molecule has 4 nitrogen and oxygen atoms in total. The lowest BCUT2D eigenvalue weighted by Gasteiger charge is -2.35. The average Bonchev–Trinajstić information content (AvgIpc) is 2.64. The molecule has 1 aliphatic rings. The lowest BCUT2D eigenvalue weighted by Crippen LogP contribution is -2.48. The first kappa shape index (κ1) is 19.8. The number of rotatable bonds is 5. The zero-order valence-electron chi connectivity index (χ0n) is 15.5. The number of carbonyl (C=O) groups is 1. The van der Waals surface area contributed by atoms with E-state index in [0.29, 0.717) is 31.7 Å². The van der Waals surface area contributed by atoms with Gasteiger partial charge in [0.25, 0.3) is 5.91 Å². The fourth-order valence-corrected chi connectivity index (χ4v) is 3.41. The van der Waals surface area contributed by atoms with Crippen LogP contribution in [0.15, 0.2) is 42.5 Å². The molecule has 0 bridgehead atoms. The molecule has 0 aromatic heterocycles. The number of nitrogens with zero attached hydrogens (tertiary/aromatic N) is 1. The standard InChI is InChI=1S/C21H24ClFN2O2/c1-14-12-25(13-15(2)27-14)21(26)18-6-3-16(4-7-18)10-24-11-17-5-8-19(22)20(23)9-17/h3-9,14-15,24H,10-13H2,1-2H3. The molecule has 144 valence electrons. The highest BCUT2D eigenvalue weighted by Crippen LogP contribution is 2.16. The van der Waals surface area contributed by atoms with Crippen LogP contribution in [0.2, 0.25) is 5.02 Å². The van der Waals surface area contributed by atoms with E-state index in [9.17, 15) is 9.18 Å². The zero-order valence-corrected chi connectivity index (χ0v) is 16.3. The van der Waals surface area contributed by atoms with Gasteiger partial charge in [0, 0.05) is 31.7 Å². The Bertz CT molecular complexity index is 787. The van der Waals surface area contributed by atoms with E-state index in [2.05, 4.69) is 5.32 Å². The molecule has 27 heavy (non-hydrogen) atoms. The van der Waals surface area contributed by atoms with Crippen LogP contribution in [0.5, 0.6) is 0 Å². The summed E-state index contributed by atoms with van der Waals surface area (Å²) >= 11 is 5.69. The van der Waals surface area contributed by atoms with Crippen LogP contribution in [0.3, 0.4) is 0 Å². The Kier molecular flexibility index (Phi) is 6.47. The third kappa shape index (κ3) is 5.28. The Balaban J connectivity index is 1.53. The first-order valence-corrected chi connectivity index (χ1v) is 9.48. The van der Waals surface area contributed by atoms with Gasteiger partial charge in [-0.05, 0) is 49.2 Å². The molecule has 1 saturated heterocycles. The maximum Gasteiger partial charge on any atom is 0.254 e. The van der Waals surface area contributed by atoms with Gasteiger partial charge in [-0.15, -0.1) is 0 Å². The predicted octanol–water partition coefficient (Wildman–Crippen LogP) is 4.02. The van der Waals surface area contributed by atoms with E-state index in [4.69, 9.17) is 16.3 Å². The lowest BCUT2D eigenvalue weighted by molar-refractivity contribution is -0.0586. The molecule has 1 amide bonds. The fourth-order valence-electron chi connectivity index (χ4n) is 3.29. The van der Waals surface area contributed by atoms with Crippen molar-refractivity contribution < 1.29 is 13.9 Å². The molecule has 1 N–H and O–H groups in total. The molecule has 0 radical (unpaired) electrons. The number of carbonyl (C=O) groups excluding carboxylic acids is 1. The smallest absolute Gasteiger partial charge is 0.254 e. The minimum atomic E-state index is -0.411. The Morgan fingerprint density at radius 3 is 2.33 bits per heavy atom. The molecular formula is C21H24ClFN2O2. The van der Waals surface area contributed by atoms with Crippen molar-refractivity contribution in [3.63, 3.8) is 0 Å². The maximum atomic E-state index is 13.4. The fraction of sp³-hybridized carbons (Fsp3) is 0.381. The van der Waals surface area contributed by atoms with E-state index in [1.807, 2.05) is 43.0 Å². The van der Waals surface area contributed by atoms with Crippen LogP contribution in [-0.2, 0) is 17.8 Å².